The van der Waals surface area contributed by atoms with Crippen LogP contribution in [0.2, 0.25) is 0 Å². The highest BCUT2D eigenvalue weighted by molar-refractivity contribution is 6.08. The van der Waals surface area contributed by atoms with Crippen LogP contribution in [0.5, 0.6) is 0 Å². The number of imide groups is 1. The van der Waals surface area contributed by atoms with Crippen LogP contribution in [0.25, 0.3) is 0 Å². The minimum atomic E-state index is -1.21. The molecule has 5 amide bonds. The van der Waals surface area contributed by atoms with E-state index in [1.54, 1.807) is 52.3 Å². The summed E-state index contributed by atoms with van der Waals surface area (Å²) >= 11 is 0. The van der Waals surface area contributed by atoms with Crippen molar-refractivity contribution in [1.82, 2.24) is 25.6 Å². The van der Waals surface area contributed by atoms with E-state index in [1.165, 1.54) is 9.80 Å². The first-order chi connectivity index (χ1) is 12.7. The molecule has 1 aromatic rings. The smallest absolute Gasteiger partial charge is 0.344 e. The van der Waals surface area contributed by atoms with Crippen LogP contribution in [0.4, 0.5) is 4.79 Å². The number of likely N-dealkylation sites (N-methyl/N-ethyl adjacent to an activating group) is 2. The van der Waals surface area contributed by atoms with Crippen molar-refractivity contribution in [3.63, 3.8) is 0 Å². The van der Waals surface area contributed by atoms with E-state index in [-0.39, 0.29) is 19.0 Å². The maximum Gasteiger partial charge on any atom is 0.344 e. The molecule has 146 valence electrons. The number of hydrazine groups is 1. The van der Waals surface area contributed by atoms with E-state index >= 15 is 0 Å². The Kier molecular flexibility index (Phi) is 6.17. The molecule has 2 rings (SSSR count). The number of hydrogen-bond donors (Lipinski definition) is 2. The highest BCUT2D eigenvalue weighted by Gasteiger charge is 2.52. The van der Waals surface area contributed by atoms with Crippen LogP contribution in [-0.2, 0) is 19.9 Å². The Morgan fingerprint density at radius 3 is 2.30 bits per heavy atom. The summed E-state index contributed by atoms with van der Waals surface area (Å²) in [5.41, 5.74) is 1.78. The van der Waals surface area contributed by atoms with Crippen molar-refractivity contribution in [2.45, 2.75) is 18.9 Å². The minimum Gasteiger partial charge on any atom is -0.348 e. The zero-order chi connectivity index (χ0) is 20.2. The van der Waals surface area contributed by atoms with E-state index in [0.717, 1.165) is 0 Å². The predicted molar refractivity (Wildman–Crippen MR) is 98.1 cm³/mol. The van der Waals surface area contributed by atoms with Gasteiger partial charge in [0.15, 0.2) is 0 Å². The third-order valence-corrected chi connectivity index (χ3v) is 4.44. The molecule has 9 heteroatoms. The molecule has 1 atom stereocenters. The standard InChI is InChI=1S/C18H25N5O4/c1-5-18(13-9-7-6-8-10-13)16(26)23(17(27)19-18)20-14(24)11-22(4)12-15(25)21(2)3/h6-10H,5,11-12H2,1-4H3,(H,19,27)(H,20,24)/t18-/m0/s1. The van der Waals surface area contributed by atoms with Gasteiger partial charge in [0, 0.05) is 14.1 Å². The highest BCUT2D eigenvalue weighted by atomic mass is 16.2. The summed E-state index contributed by atoms with van der Waals surface area (Å²) in [5.74, 6) is -1.26. The van der Waals surface area contributed by atoms with Gasteiger partial charge in [0.1, 0.15) is 5.54 Å². The summed E-state index contributed by atoms with van der Waals surface area (Å²) in [5, 5.41) is 3.40. The molecule has 1 fully saturated rings. The third-order valence-electron chi connectivity index (χ3n) is 4.44. The lowest BCUT2D eigenvalue weighted by molar-refractivity contribution is -0.140. The van der Waals surface area contributed by atoms with Crippen molar-refractivity contribution < 1.29 is 19.2 Å². The van der Waals surface area contributed by atoms with E-state index in [1.807, 2.05) is 6.07 Å². The molecular weight excluding hydrogens is 350 g/mol. The fourth-order valence-electron chi connectivity index (χ4n) is 2.87. The Bertz CT molecular complexity index is 737. The number of nitrogens with zero attached hydrogens (tertiary/aromatic N) is 3. The first kappa shape index (κ1) is 20.4. The first-order valence-corrected chi connectivity index (χ1v) is 8.61. The second-order valence-corrected chi connectivity index (χ2v) is 6.69. The molecule has 2 N–H and O–H groups in total. The molecule has 0 saturated carbocycles. The van der Waals surface area contributed by atoms with Crippen LogP contribution in [0, 0.1) is 0 Å². The molecule has 1 aromatic carbocycles. The Labute approximate surface area is 158 Å². The van der Waals surface area contributed by atoms with Gasteiger partial charge in [-0.05, 0) is 19.0 Å². The molecular formula is C18H25N5O4. The van der Waals surface area contributed by atoms with E-state index in [0.29, 0.717) is 17.0 Å². The van der Waals surface area contributed by atoms with E-state index in [4.69, 9.17) is 0 Å². The number of urea groups is 1. The van der Waals surface area contributed by atoms with Crippen LogP contribution in [-0.4, -0.2) is 72.8 Å². The van der Waals surface area contributed by atoms with Crippen molar-refractivity contribution in [1.29, 1.82) is 0 Å². The van der Waals surface area contributed by atoms with Gasteiger partial charge in [-0.15, -0.1) is 0 Å². The van der Waals surface area contributed by atoms with Crippen molar-refractivity contribution >= 4 is 23.8 Å². The van der Waals surface area contributed by atoms with Gasteiger partial charge in [0.2, 0.25) is 5.91 Å². The maximum atomic E-state index is 12.9. The van der Waals surface area contributed by atoms with Crippen LogP contribution >= 0.6 is 0 Å². The maximum absolute atomic E-state index is 12.9. The van der Waals surface area contributed by atoms with Gasteiger partial charge >= 0.3 is 6.03 Å². The largest absolute Gasteiger partial charge is 0.348 e. The molecule has 1 aliphatic rings. The number of nitrogens with one attached hydrogen (secondary N) is 2. The summed E-state index contributed by atoms with van der Waals surface area (Å²) in [6, 6.07) is 8.21. The Morgan fingerprint density at radius 2 is 1.74 bits per heavy atom. The fourth-order valence-corrected chi connectivity index (χ4v) is 2.87. The zero-order valence-corrected chi connectivity index (χ0v) is 16.0. The average molecular weight is 375 g/mol. The molecule has 27 heavy (non-hydrogen) atoms. The number of amides is 5. The van der Waals surface area contributed by atoms with Gasteiger partial charge < -0.3 is 10.2 Å². The van der Waals surface area contributed by atoms with Crippen molar-refractivity contribution in [2.75, 3.05) is 34.2 Å². The molecule has 0 unspecified atom stereocenters. The van der Waals surface area contributed by atoms with E-state index < -0.39 is 23.4 Å². The molecule has 0 spiro atoms. The van der Waals surface area contributed by atoms with E-state index in [9.17, 15) is 19.2 Å². The molecule has 0 aliphatic carbocycles. The van der Waals surface area contributed by atoms with Crippen LogP contribution in [0.15, 0.2) is 30.3 Å². The third kappa shape index (κ3) is 4.25. The first-order valence-electron chi connectivity index (χ1n) is 8.61. The molecule has 1 saturated heterocycles. The lowest BCUT2D eigenvalue weighted by atomic mass is 9.87. The summed E-state index contributed by atoms with van der Waals surface area (Å²) in [7, 11) is 4.85. The molecule has 0 aromatic heterocycles. The molecule has 0 bridgehead atoms. The van der Waals surface area contributed by atoms with Gasteiger partial charge in [-0.2, -0.15) is 5.01 Å². The second kappa shape index (κ2) is 8.17. The summed E-state index contributed by atoms with van der Waals surface area (Å²) in [6.07, 6.45) is 0.338. The summed E-state index contributed by atoms with van der Waals surface area (Å²) < 4.78 is 0. The fraction of sp³-hybridized carbons (Fsp3) is 0.444. The highest BCUT2D eigenvalue weighted by Crippen LogP contribution is 2.31. The van der Waals surface area contributed by atoms with Crippen LogP contribution < -0.4 is 10.7 Å². The van der Waals surface area contributed by atoms with Crippen molar-refractivity contribution in [3.8, 4) is 0 Å². The molecule has 1 aliphatic heterocycles. The average Bonchev–Trinajstić information content (AvgIpc) is 2.87. The Hall–Kier alpha value is -2.94. The lowest BCUT2D eigenvalue weighted by Gasteiger charge is -2.25. The Balaban J connectivity index is 2.07. The topological polar surface area (TPSA) is 102 Å². The minimum absolute atomic E-state index is 0.0451. The van der Waals surface area contributed by atoms with Gasteiger partial charge in [-0.25, -0.2) is 4.79 Å². The van der Waals surface area contributed by atoms with E-state index in [2.05, 4.69) is 10.7 Å². The normalized spacial score (nSPS) is 19.2. The van der Waals surface area contributed by atoms with Gasteiger partial charge in [-0.3, -0.25) is 24.7 Å². The monoisotopic (exact) mass is 375 g/mol. The number of carbonyl (C=O) groups excluding carboxylic acids is 4. The summed E-state index contributed by atoms with van der Waals surface area (Å²) in [6.45, 7) is 1.70. The second-order valence-electron chi connectivity index (χ2n) is 6.69. The zero-order valence-electron chi connectivity index (χ0n) is 16.0. The predicted octanol–water partition coefficient (Wildman–Crippen LogP) is -0.105. The van der Waals surface area contributed by atoms with Gasteiger partial charge in [-0.1, -0.05) is 37.3 Å². The quantitative estimate of drug-likeness (QED) is 0.648. The molecule has 1 heterocycles. The Morgan fingerprint density at radius 1 is 1.11 bits per heavy atom. The van der Waals surface area contributed by atoms with Gasteiger partial charge in [0.05, 0.1) is 13.1 Å². The molecule has 0 radical (unpaired) electrons. The SMILES string of the molecule is CC[C@@]1(c2ccccc2)NC(=O)N(NC(=O)CN(C)CC(=O)N(C)C)C1=O. The lowest BCUT2D eigenvalue weighted by Crippen LogP contribution is -2.51. The van der Waals surface area contributed by atoms with Gasteiger partial charge in [0.25, 0.3) is 11.8 Å². The number of hydrogen-bond acceptors (Lipinski definition) is 5. The molecule has 9 nitrogen and oxygen atoms in total. The number of carbonyl (C=O) groups is 4. The van der Waals surface area contributed by atoms with Crippen LogP contribution in [0.1, 0.15) is 18.9 Å². The number of benzene rings is 1. The van der Waals surface area contributed by atoms with Crippen LogP contribution in [0.3, 0.4) is 0 Å². The van der Waals surface area contributed by atoms with Crippen molar-refractivity contribution in [2.24, 2.45) is 0 Å². The van der Waals surface area contributed by atoms with Crippen molar-refractivity contribution in [3.05, 3.63) is 35.9 Å². The summed E-state index contributed by atoms with van der Waals surface area (Å²) in [4.78, 5) is 52.1. The number of rotatable bonds is 7.